The van der Waals surface area contributed by atoms with Gasteiger partial charge in [0, 0.05) is 4.90 Å². The lowest BCUT2D eigenvalue weighted by Crippen LogP contribution is -1.88. The number of aromatic nitrogens is 3. The Labute approximate surface area is 138 Å². The van der Waals surface area contributed by atoms with Crippen LogP contribution in [0.25, 0.3) is 21.0 Å². The van der Waals surface area contributed by atoms with Gasteiger partial charge in [-0.05, 0) is 35.9 Å². The van der Waals surface area contributed by atoms with E-state index < -0.39 is 0 Å². The normalized spacial score (nSPS) is 11.1. The zero-order chi connectivity index (χ0) is 14.9. The highest BCUT2D eigenvalue weighted by atomic mass is 32.2. The minimum atomic E-state index is 0.354. The first kappa shape index (κ1) is 13.7. The molecule has 0 saturated heterocycles. The van der Waals surface area contributed by atoms with E-state index >= 15 is 0 Å². The fourth-order valence-corrected chi connectivity index (χ4v) is 4.00. The van der Waals surface area contributed by atoms with Crippen LogP contribution in [0.1, 0.15) is 0 Å². The molecular weight excluding hydrogens is 336 g/mol. The van der Waals surface area contributed by atoms with Gasteiger partial charge in [-0.1, -0.05) is 22.5 Å². The maximum absolute atomic E-state index is 5.61. The third-order valence-corrected chi connectivity index (χ3v) is 5.48. The molecule has 0 atom stereocenters. The predicted octanol–water partition coefficient (Wildman–Crippen LogP) is 4.87. The van der Waals surface area contributed by atoms with Gasteiger partial charge >= 0.3 is 6.01 Å². The molecule has 0 saturated carbocycles. The van der Waals surface area contributed by atoms with Gasteiger partial charge in [0.05, 0.1) is 15.1 Å². The van der Waals surface area contributed by atoms with Crippen molar-refractivity contribution in [1.82, 2.24) is 15.2 Å². The Hall–Kier alpha value is -1.90. The van der Waals surface area contributed by atoms with Gasteiger partial charge in [-0.3, -0.25) is 5.32 Å². The number of anilines is 2. The van der Waals surface area contributed by atoms with Crippen molar-refractivity contribution in [3.8, 4) is 10.8 Å². The van der Waals surface area contributed by atoms with Crippen LogP contribution in [0.4, 0.5) is 11.1 Å². The topological polar surface area (TPSA) is 63.8 Å². The van der Waals surface area contributed by atoms with Gasteiger partial charge in [0.2, 0.25) is 0 Å². The van der Waals surface area contributed by atoms with E-state index in [9.17, 15) is 0 Å². The first-order valence-corrected chi connectivity index (χ1v) is 9.33. The molecule has 1 aromatic carbocycles. The minimum absolute atomic E-state index is 0.354. The van der Waals surface area contributed by atoms with Gasteiger partial charge < -0.3 is 4.42 Å². The Balaban J connectivity index is 1.60. The summed E-state index contributed by atoms with van der Waals surface area (Å²) < 4.78 is 6.74. The van der Waals surface area contributed by atoms with Crippen molar-refractivity contribution >= 4 is 55.8 Å². The largest absolute Gasteiger partial charge is 0.402 e. The summed E-state index contributed by atoms with van der Waals surface area (Å²) in [5.41, 5.74) is 0.961. The molecule has 1 N–H and O–H groups in total. The molecule has 22 heavy (non-hydrogen) atoms. The molecule has 4 aromatic rings. The number of thioether (sulfide) groups is 1. The van der Waals surface area contributed by atoms with Crippen LogP contribution < -0.4 is 5.32 Å². The van der Waals surface area contributed by atoms with E-state index in [-0.39, 0.29) is 0 Å². The number of hydrogen-bond donors (Lipinski definition) is 1. The molecule has 5 nitrogen and oxygen atoms in total. The molecule has 110 valence electrons. The standard InChI is InChI=1S/C14H10N4OS3/c1-20-8-4-5-9-11(7-8)22-14(15-9)16-13-18-17-12(19-13)10-3-2-6-21-10/h2-7H,1H3,(H,15,16,18). The maximum Gasteiger partial charge on any atom is 0.322 e. The lowest BCUT2D eigenvalue weighted by atomic mass is 10.3. The molecule has 0 spiro atoms. The maximum atomic E-state index is 5.61. The molecular formula is C14H10N4OS3. The van der Waals surface area contributed by atoms with Gasteiger partial charge in [0.15, 0.2) is 5.13 Å². The third kappa shape index (κ3) is 2.60. The minimum Gasteiger partial charge on any atom is -0.402 e. The lowest BCUT2D eigenvalue weighted by Gasteiger charge is -1.92. The second-order valence-electron chi connectivity index (χ2n) is 4.37. The van der Waals surface area contributed by atoms with E-state index in [4.69, 9.17) is 4.42 Å². The molecule has 0 aliphatic heterocycles. The smallest absolute Gasteiger partial charge is 0.322 e. The van der Waals surface area contributed by atoms with Crippen LogP contribution in [0, 0.1) is 0 Å². The molecule has 0 amide bonds. The van der Waals surface area contributed by atoms with Crippen molar-refractivity contribution in [2.45, 2.75) is 4.90 Å². The van der Waals surface area contributed by atoms with Crippen LogP contribution in [0.2, 0.25) is 0 Å². The Morgan fingerprint density at radius 1 is 1.23 bits per heavy atom. The molecule has 0 fully saturated rings. The fourth-order valence-electron chi connectivity index (χ4n) is 1.95. The molecule has 0 aliphatic carbocycles. The number of fused-ring (bicyclic) bond motifs is 1. The van der Waals surface area contributed by atoms with Gasteiger partial charge in [-0.15, -0.1) is 28.2 Å². The first-order valence-electron chi connectivity index (χ1n) is 6.41. The summed E-state index contributed by atoms with van der Waals surface area (Å²) >= 11 is 4.85. The summed E-state index contributed by atoms with van der Waals surface area (Å²) in [7, 11) is 0. The molecule has 4 rings (SSSR count). The fraction of sp³-hybridized carbons (Fsp3) is 0.0714. The molecule has 3 aromatic heterocycles. The number of nitrogens with zero attached hydrogens (tertiary/aromatic N) is 3. The highest BCUT2D eigenvalue weighted by Gasteiger charge is 2.11. The average Bonchev–Trinajstić information content (AvgIpc) is 3.26. The summed E-state index contributed by atoms with van der Waals surface area (Å²) in [5, 5.41) is 13.9. The zero-order valence-corrected chi connectivity index (χ0v) is 13.9. The van der Waals surface area contributed by atoms with Crippen LogP contribution in [0.5, 0.6) is 0 Å². The van der Waals surface area contributed by atoms with Gasteiger partial charge in [-0.2, -0.15) is 0 Å². The Morgan fingerprint density at radius 2 is 2.18 bits per heavy atom. The lowest BCUT2D eigenvalue weighted by molar-refractivity contribution is 0.589. The number of benzene rings is 1. The molecule has 0 bridgehead atoms. The molecule has 8 heteroatoms. The predicted molar refractivity (Wildman–Crippen MR) is 92.3 cm³/mol. The van der Waals surface area contributed by atoms with Gasteiger partial charge in [-0.25, -0.2) is 4.98 Å². The van der Waals surface area contributed by atoms with Gasteiger partial charge in [0.25, 0.3) is 5.89 Å². The highest BCUT2D eigenvalue weighted by molar-refractivity contribution is 7.98. The van der Waals surface area contributed by atoms with Crippen molar-refractivity contribution in [3.63, 3.8) is 0 Å². The number of rotatable bonds is 4. The van der Waals surface area contributed by atoms with E-state index in [2.05, 4.69) is 38.9 Å². The van der Waals surface area contributed by atoms with Crippen LogP contribution in [0.3, 0.4) is 0 Å². The van der Waals surface area contributed by atoms with Crippen LogP contribution in [0.15, 0.2) is 45.0 Å². The summed E-state index contributed by atoms with van der Waals surface area (Å²) in [6, 6.07) is 10.5. The van der Waals surface area contributed by atoms with Crippen molar-refractivity contribution in [1.29, 1.82) is 0 Å². The number of hydrogen-bond acceptors (Lipinski definition) is 8. The molecule has 0 unspecified atom stereocenters. The van der Waals surface area contributed by atoms with Crippen LogP contribution in [-0.4, -0.2) is 21.4 Å². The zero-order valence-electron chi connectivity index (χ0n) is 11.4. The quantitative estimate of drug-likeness (QED) is 0.532. The van der Waals surface area contributed by atoms with E-state index in [0.717, 1.165) is 20.2 Å². The van der Waals surface area contributed by atoms with Gasteiger partial charge in [0.1, 0.15) is 0 Å². The monoisotopic (exact) mass is 346 g/mol. The SMILES string of the molecule is CSc1ccc2nc(Nc3nnc(-c4cccs4)o3)sc2c1. The Kier molecular flexibility index (Phi) is 3.57. The molecule has 3 heterocycles. The van der Waals surface area contributed by atoms with Crippen LogP contribution in [-0.2, 0) is 0 Å². The Morgan fingerprint density at radius 3 is 3.00 bits per heavy atom. The van der Waals surface area contributed by atoms with E-state index in [0.29, 0.717) is 11.9 Å². The van der Waals surface area contributed by atoms with E-state index in [1.165, 1.54) is 4.90 Å². The molecule has 0 aliphatic rings. The van der Waals surface area contributed by atoms with Crippen molar-refractivity contribution in [3.05, 3.63) is 35.7 Å². The second kappa shape index (κ2) is 5.71. The molecule has 0 radical (unpaired) electrons. The summed E-state index contributed by atoms with van der Waals surface area (Å²) in [4.78, 5) is 6.70. The summed E-state index contributed by atoms with van der Waals surface area (Å²) in [6.45, 7) is 0. The second-order valence-corrected chi connectivity index (χ2v) is 7.23. The highest BCUT2D eigenvalue weighted by Crippen LogP contribution is 2.31. The van der Waals surface area contributed by atoms with Crippen molar-refractivity contribution in [2.75, 3.05) is 11.6 Å². The summed E-state index contributed by atoms with van der Waals surface area (Å²) in [5.74, 6) is 0.517. The Bertz CT molecular complexity index is 913. The van der Waals surface area contributed by atoms with Crippen molar-refractivity contribution in [2.24, 2.45) is 0 Å². The average molecular weight is 346 g/mol. The first-order chi connectivity index (χ1) is 10.8. The van der Waals surface area contributed by atoms with Crippen LogP contribution >= 0.6 is 34.4 Å². The van der Waals surface area contributed by atoms with E-state index in [1.54, 1.807) is 34.4 Å². The summed E-state index contributed by atoms with van der Waals surface area (Å²) in [6.07, 6.45) is 2.06. The number of thiophene rings is 1. The number of thiazole rings is 1. The number of nitrogens with one attached hydrogen (secondary N) is 1. The van der Waals surface area contributed by atoms with E-state index in [1.807, 2.05) is 23.6 Å². The van der Waals surface area contributed by atoms with Crippen molar-refractivity contribution < 1.29 is 4.42 Å². The third-order valence-electron chi connectivity index (χ3n) is 2.97.